The van der Waals surface area contributed by atoms with Crippen molar-refractivity contribution in [2.45, 2.75) is 88.7 Å². The summed E-state index contributed by atoms with van der Waals surface area (Å²) in [5.74, 6) is 0. The molecule has 0 fully saturated rings. The van der Waals surface area contributed by atoms with Gasteiger partial charge in [-0.2, -0.15) is 39.5 Å². The van der Waals surface area contributed by atoms with E-state index in [0.29, 0.717) is 10.4 Å². The zero-order valence-corrected chi connectivity index (χ0v) is 32.9. The number of halogens is 9. The number of hydrogen-bond donors (Lipinski definition) is 0. The second-order valence-electron chi connectivity index (χ2n) is 12.2. The largest absolute Gasteiger partial charge is 0.488 e. The van der Waals surface area contributed by atoms with Gasteiger partial charge in [0.25, 0.3) is 0 Å². The molecule has 0 aromatic heterocycles. The molecule has 0 aliphatic heterocycles. The third-order valence-electron chi connectivity index (χ3n) is 7.66. The quantitative estimate of drug-likeness (QED) is 0.112. The highest BCUT2D eigenvalue weighted by molar-refractivity contribution is 7.02. The predicted molar refractivity (Wildman–Crippen MR) is 175 cm³/mol. The summed E-state index contributed by atoms with van der Waals surface area (Å²) in [5.41, 5.74) is 0. The van der Waals surface area contributed by atoms with Crippen molar-refractivity contribution in [1.82, 2.24) is 0 Å². The molecule has 0 spiro atoms. The Bertz CT molecular complexity index is 1230. The summed E-state index contributed by atoms with van der Waals surface area (Å²) in [4.78, 5) is 0. The topological polar surface area (TPSA) is 55.4 Å². The van der Waals surface area contributed by atoms with Crippen molar-refractivity contribution >= 4 is 53.2 Å². The van der Waals surface area contributed by atoms with Crippen LogP contribution in [0.5, 0.6) is 0 Å². The first kappa shape index (κ1) is 42.8. The maximum absolute atomic E-state index is 13.8. The number of hydrogen-bond acceptors (Lipinski definition) is 6. The van der Waals surface area contributed by atoms with Crippen LogP contribution < -0.4 is 10.4 Å². The van der Waals surface area contributed by atoms with Crippen molar-refractivity contribution in [3.63, 3.8) is 0 Å². The molecule has 0 bridgehead atoms. The highest BCUT2D eigenvalue weighted by Gasteiger charge is 2.55. The molecule has 0 aliphatic carbocycles. The van der Waals surface area contributed by atoms with Crippen LogP contribution in [0.3, 0.4) is 0 Å². The molecule has 0 heterocycles. The second kappa shape index (κ2) is 16.3. The van der Waals surface area contributed by atoms with E-state index in [1.54, 1.807) is 67.2 Å². The molecule has 6 nitrogen and oxygen atoms in total. The minimum Gasteiger partial charge on any atom is -0.429 e. The molecule has 0 amide bonds. The second-order valence-corrected chi connectivity index (χ2v) is 29.5. The first-order valence-corrected chi connectivity index (χ1v) is 27.2. The van der Waals surface area contributed by atoms with Gasteiger partial charge in [0.15, 0.2) is 0 Å². The van der Waals surface area contributed by atoms with E-state index in [0.717, 1.165) is 0 Å². The molecule has 274 valence electrons. The van der Waals surface area contributed by atoms with Gasteiger partial charge in [-0.05, 0) is 54.7 Å². The standard InChI is InChI=1S/C28H43F9O6Si5/c1-38-48(7,39-2)43-46(5,23-20-28(35,36)37)41-44(3,21-18-26(29,30)31)40-45(4,22-19-27(32,33)34)42-47(6,24-14-10-8-11-15-24)25-16-12-9-13-17-25/h8-17H,18-23H2,1-7H3. The van der Waals surface area contributed by atoms with Crippen LogP contribution in [0, 0.1) is 0 Å². The average Bonchev–Trinajstić information content (AvgIpc) is 2.98. The summed E-state index contributed by atoms with van der Waals surface area (Å²) in [6.45, 7) is 6.94. The van der Waals surface area contributed by atoms with Gasteiger partial charge in [0.2, 0.25) is 8.32 Å². The van der Waals surface area contributed by atoms with Gasteiger partial charge in [-0.3, -0.25) is 0 Å². The van der Waals surface area contributed by atoms with E-state index in [-0.39, 0.29) is 0 Å². The Hall–Kier alpha value is -1.35. The van der Waals surface area contributed by atoms with Crippen LogP contribution >= 0.6 is 0 Å². The molecule has 20 heteroatoms. The lowest BCUT2D eigenvalue weighted by molar-refractivity contribution is -0.132. The molecular formula is C28H43F9O6Si5. The predicted octanol–water partition coefficient (Wildman–Crippen LogP) is 8.38. The fourth-order valence-electron chi connectivity index (χ4n) is 5.18. The van der Waals surface area contributed by atoms with Crippen LogP contribution in [0.2, 0.25) is 50.9 Å². The average molecular weight is 787 g/mol. The van der Waals surface area contributed by atoms with Gasteiger partial charge in [0.1, 0.15) is 0 Å². The van der Waals surface area contributed by atoms with Crippen LogP contribution in [-0.4, -0.2) is 75.6 Å². The molecule has 2 aromatic carbocycles. The zero-order valence-electron chi connectivity index (χ0n) is 27.9. The monoisotopic (exact) mass is 786 g/mol. The fraction of sp³-hybridized carbons (Fsp3) is 0.571. The molecule has 0 saturated heterocycles. The van der Waals surface area contributed by atoms with Crippen molar-refractivity contribution in [3.05, 3.63) is 60.7 Å². The van der Waals surface area contributed by atoms with E-state index in [9.17, 15) is 39.5 Å². The molecule has 2 aromatic rings. The molecule has 48 heavy (non-hydrogen) atoms. The van der Waals surface area contributed by atoms with Crippen molar-refractivity contribution in [2.24, 2.45) is 0 Å². The van der Waals surface area contributed by atoms with Crippen LogP contribution in [0.4, 0.5) is 39.5 Å². The fourth-order valence-corrected chi connectivity index (χ4v) is 29.1. The van der Waals surface area contributed by atoms with Gasteiger partial charge >= 0.3 is 53.0 Å². The molecule has 2 rings (SSSR count). The lowest BCUT2D eigenvalue weighted by atomic mass is 10.4. The van der Waals surface area contributed by atoms with Crippen molar-refractivity contribution < 1.29 is 64.8 Å². The molecule has 3 unspecified atom stereocenters. The summed E-state index contributed by atoms with van der Waals surface area (Å²) in [6.07, 6.45) is -18.3. The lowest BCUT2D eigenvalue weighted by Gasteiger charge is -2.46. The van der Waals surface area contributed by atoms with E-state index in [1.165, 1.54) is 40.4 Å². The van der Waals surface area contributed by atoms with Crippen LogP contribution in [0.15, 0.2) is 60.7 Å². The van der Waals surface area contributed by atoms with E-state index in [2.05, 4.69) is 0 Å². The van der Waals surface area contributed by atoms with E-state index >= 15 is 0 Å². The van der Waals surface area contributed by atoms with Gasteiger partial charge in [-0.25, -0.2) is 0 Å². The van der Waals surface area contributed by atoms with E-state index < -0.39 is 98.7 Å². The third-order valence-corrected chi connectivity index (χ3v) is 29.0. The van der Waals surface area contributed by atoms with Gasteiger partial charge in [0.05, 0.1) is 0 Å². The summed E-state index contributed by atoms with van der Waals surface area (Å²) >= 11 is 0. The van der Waals surface area contributed by atoms with Crippen LogP contribution in [-0.2, 0) is 25.3 Å². The Balaban J connectivity index is 2.74. The molecular weight excluding hydrogens is 744 g/mol. The normalized spacial score (nSPS) is 17.4. The van der Waals surface area contributed by atoms with Crippen molar-refractivity contribution in [3.8, 4) is 0 Å². The van der Waals surface area contributed by atoms with Gasteiger partial charge in [-0.1, -0.05) is 60.7 Å². The minimum atomic E-state index is -4.74. The Morgan fingerprint density at radius 3 is 1.04 bits per heavy atom. The molecule has 0 aliphatic rings. The Labute approximate surface area is 281 Å². The molecule has 0 N–H and O–H groups in total. The SMILES string of the molecule is CO[Si](C)(OC)O[Si](C)(CCC(F)(F)F)O[Si](C)(CCC(F)(F)F)O[Si](C)(CCC(F)(F)F)O[Si](C)(c1ccccc1)c1ccccc1. The summed E-state index contributed by atoms with van der Waals surface area (Å²) < 4.78 is 159. The van der Waals surface area contributed by atoms with E-state index in [1.807, 2.05) is 0 Å². The Morgan fingerprint density at radius 2 is 0.750 bits per heavy atom. The number of rotatable bonds is 18. The Kier molecular flexibility index (Phi) is 14.6. The summed E-state index contributed by atoms with van der Waals surface area (Å²) in [7, 11) is -17.5. The first-order valence-electron chi connectivity index (χ1n) is 15.0. The lowest BCUT2D eigenvalue weighted by Crippen LogP contribution is -2.67. The minimum absolute atomic E-state index is 0.666. The van der Waals surface area contributed by atoms with Crippen LogP contribution in [0.1, 0.15) is 19.3 Å². The smallest absolute Gasteiger partial charge is 0.429 e. The van der Waals surface area contributed by atoms with Crippen molar-refractivity contribution in [2.75, 3.05) is 14.2 Å². The van der Waals surface area contributed by atoms with E-state index in [4.69, 9.17) is 25.3 Å². The number of alkyl halides is 9. The molecule has 0 saturated carbocycles. The van der Waals surface area contributed by atoms with Crippen molar-refractivity contribution in [1.29, 1.82) is 0 Å². The highest BCUT2D eigenvalue weighted by Crippen LogP contribution is 2.38. The maximum atomic E-state index is 13.8. The molecule has 3 atom stereocenters. The number of benzene rings is 2. The van der Waals surface area contributed by atoms with Crippen LogP contribution in [0.25, 0.3) is 0 Å². The Morgan fingerprint density at radius 1 is 0.458 bits per heavy atom. The van der Waals surface area contributed by atoms with Gasteiger partial charge in [0, 0.05) is 40.0 Å². The third kappa shape index (κ3) is 14.1. The zero-order chi connectivity index (χ0) is 36.7. The van der Waals surface area contributed by atoms with Gasteiger partial charge < -0.3 is 25.3 Å². The highest BCUT2D eigenvalue weighted by atomic mass is 28.5. The van der Waals surface area contributed by atoms with Gasteiger partial charge in [-0.15, -0.1) is 0 Å². The summed E-state index contributed by atoms with van der Waals surface area (Å²) in [5, 5.41) is 1.33. The molecule has 0 radical (unpaired) electrons. The maximum Gasteiger partial charge on any atom is 0.488 e. The first-order chi connectivity index (χ1) is 21.8. The summed E-state index contributed by atoms with van der Waals surface area (Å²) in [6, 6.07) is 15.1.